The van der Waals surface area contributed by atoms with E-state index in [-0.39, 0.29) is 18.1 Å². The van der Waals surface area contributed by atoms with E-state index in [1.807, 2.05) is 41.8 Å². The van der Waals surface area contributed by atoms with Gasteiger partial charge in [0.2, 0.25) is 0 Å². The van der Waals surface area contributed by atoms with Crippen molar-refractivity contribution in [3.63, 3.8) is 0 Å². The Kier molecular flexibility index (Phi) is 6.41. The lowest BCUT2D eigenvalue weighted by molar-refractivity contribution is 0.343. The fourth-order valence-corrected chi connectivity index (χ4v) is 4.60. The lowest BCUT2D eigenvalue weighted by Crippen LogP contribution is -2.26. The molecule has 33 heavy (non-hydrogen) atoms. The van der Waals surface area contributed by atoms with Crippen molar-refractivity contribution in [3.8, 4) is 34.3 Å². The van der Waals surface area contributed by atoms with Gasteiger partial charge in [-0.3, -0.25) is 5.41 Å². The van der Waals surface area contributed by atoms with Crippen molar-refractivity contribution in [2.75, 3.05) is 35.0 Å². The Morgan fingerprint density at radius 3 is 2.24 bits per heavy atom. The minimum Gasteiger partial charge on any atom is -0.510 e. The average Bonchev–Trinajstić information content (AvgIpc) is 3.42. The summed E-state index contributed by atoms with van der Waals surface area (Å²) in [5.41, 5.74) is 2.99. The first kappa shape index (κ1) is 22.5. The molecule has 2 N–H and O–H groups in total. The van der Waals surface area contributed by atoms with Gasteiger partial charge in [-0.25, -0.2) is 4.98 Å². The first-order chi connectivity index (χ1) is 16.0. The molecule has 1 aromatic heterocycles. The van der Waals surface area contributed by atoms with Crippen molar-refractivity contribution in [2.45, 2.75) is 6.54 Å². The number of benzene rings is 2. The number of amidine groups is 1. The highest BCUT2D eigenvalue weighted by Crippen LogP contribution is 2.36. The predicted molar refractivity (Wildman–Crippen MR) is 128 cm³/mol. The monoisotopic (exact) mass is 467 g/mol. The van der Waals surface area contributed by atoms with Gasteiger partial charge in [-0.2, -0.15) is 0 Å². The van der Waals surface area contributed by atoms with E-state index in [4.69, 9.17) is 24.4 Å². The summed E-state index contributed by atoms with van der Waals surface area (Å²) < 4.78 is 21.3. The second kappa shape index (κ2) is 9.41. The van der Waals surface area contributed by atoms with E-state index in [1.54, 1.807) is 33.3 Å². The normalized spacial score (nSPS) is 13.5. The Labute approximate surface area is 196 Å². The molecule has 0 saturated carbocycles. The summed E-state index contributed by atoms with van der Waals surface area (Å²) in [6.45, 7) is 0.689. The quantitative estimate of drug-likeness (QED) is 0.499. The first-order valence-corrected chi connectivity index (χ1v) is 11.0. The molecule has 0 bridgehead atoms. The van der Waals surface area contributed by atoms with E-state index in [1.165, 1.54) is 11.3 Å². The van der Waals surface area contributed by atoms with Gasteiger partial charge in [0.15, 0.2) is 23.0 Å². The fraction of sp³-hybridized carbons (Fsp3) is 0.250. The van der Waals surface area contributed by atoms with Crippen molar-refractivity contribution in [3.05, 3.63) is 58.1 Å². The first-order valence-electron chi connectivity index (χ1n) is 10.1. The van der Waals surface area contributed by atoms with E-state index >= 15 is 0 Å². The second-order valence-corrected chi connectivity index (χ2v) is 8.18. The lowest BCUT2D eigenvalue weighted by atomic mass is 10.1. The van der Waals surface area contributed by atoms with Gasteiger partial charge in [0.05, 0.1) is 46.3 Å². The average molecular weight is 468 g/mol. The number of rotatable bonds is 8. The number of methoxy groups -OCH3 is 4. The summed E-state index contributed by atoms with van der Waals surface area (Å²) in [7, 11) is 6.35. The Morgan fingerprint density at radius 2 is 1.58 bits per heavy atom. The van der Waals surface area contributed by atoms with Crippen LogP contribution >= 0.6 is 11.3 Å². The molecule has 0 saturated heterocycles. The largest absolute Gasteiger partial charge is 0.510 e. The van der Waals surface area contributed by atoms with E-state index in [2.05, 4.69) is 4.98 Å². The third kappa shape index (κ3) is 4.31. The number of nitrogens with one attached hydrogen (secondary N) is 1. The van der Waals surface area contributed by atoms with Crippen LogP contribution < -0.4 is 18.9 Å². The molecule has 0 fully saturated rings. The minimum atomic E-state index is 0.133. The highest BCUT2D eigenvalue weighted by Gasteiger charge is 2.30. The maximum atomic E-state index is 10.7. The molecule has 2 aromatic carbocycles. The lowest BCUT2D eigenvalue weighted by Gasteiger charge is -2.19. The van der Waals surface area contributed by atoms with Crippen LogP contribution in [0.25, 0.3) is 16.8 Å². The summed E-state index contributed by atoms with van der Waals surface area (Å²) in [5.74, 6) is 2.88. The molecule has 172 valence electrons. The third-order valence-electron chi connectivity index (χ3n) is 5.40. The molecule has 9 heteroatoms. The van der Waals surface area contributed by atoms with Gasteiger partial charge in [-0.1, -0.05) is 6.07 Å². The zero-order valence-corrected chi connectivity index (χ0v) is 19.7. The number of aliphatic hydroxyl groups is 1. The van der Waals surface area contributed by atoms with Crippen LogP contribution in [0.1, 0.15) is 10.6 Å². The van der Waals surface area contributed by atoms with Crippen molar-refractivity contribution < 1.29 is 24.1 Å². The molecule has 2 heterocycles. The molecule has 8 nitrogen and oxygen atoms in total. The van der Waals surface area contributed by atoms with Gasteiger partial charge in [0.25, 0.3) is 0 Å². The summed E-state index contributed by atoms with van der Waals surface area (Å²) >= 11 is 1.39. The topological polar surface area (TPSA) is 97.1 Å². The Morgan fingerprint density at radius 1 is 0.939 bits per heavy atom. The van der Waals surface area contributed by atoms with E-state index in [0.29, 0.717) is 40.1 Å². The molecule has 0 atom stereocenters. The molecule has 0 spiro atoms. The van der Waals surface area contributed by atoms with E-state index in [9.17, 15) is 5.11 Å². The maximum Gasteiger partial charge on any atom is 0.161 e. The molecule has 0 unspecified atom stereocenters. The maximum absolute atomic E-state index is 10.7. The van der Waals surface area contributed by atoms with Crippen LogP contribution in [0.2, 0.25) is 0 Å². The molecule has 0 aliphatic carbocycles. The fourth-order valence-electron chi connectivity index (χ4n) is 3.71. The molecule has 3 aromatic rings. The highest BCUT2D eigenvalue weighted by atomic mass is 32.1. The molecular formula is C24H25N3O5S. The van der Waals surface area contributed by atoms with Crippen LogP contribution in [-0.2, 0) is 6.54 Å². The number of ether oxygens (including phenoxy) is 4. The number of hydrogen-bond acceptors (Lipinski definition) is 8. The van der Waals surface area contributed by atoms with Gasteiger partial charge >= 0.3 is 0 Å². The number of aliphatic hydroxyl groups excluding tert-OH is 1. The minimum absolute atomic E-state index is 0.133. The Bertz CT molecular complexity index is 1220. The zero-order valence-electron chi connectivity index (χ0n) is 18.8. The molecule has 1 aliphatic heterocycles. The van der Waals surface area contributed by atoms with Gasteiger partial charge in [0, 0.05) is 17.5 Å². The van der Waals surface area contributed by atoms with Crippen LogP contribution in [0.5, 0.6) is 23.0 Å². The molecule has 1 aliphatic rings. The van der Waals surface area contributed by atoms with Crippen LogP contribution in [0, 0.1) is 5.41 Å². The van der Waals surface area contributed by atoms with Crippen molar-refractivity contribution in [2.24, 2.45) is 0 Å². The number of nitrogens with zero attached hydrogens (tertiary/aromatic N) is 2. The van der Waals surface area contributed by atoms with Crippen LogP contribution in [0.4, 0.5) is 0 Å². The Hall–Kier alpha value is -3.72. The summed E-state index contributed by atoms with van der Waals surface area (Å²) in [5, 5.41) is 21.8. The van der Waals surface area contributed by atoms with Crippen molar-refractivity contribution >= 4 is 22.7 Å². The predicted octanol–water partition coefficient (Wildman–Crippen LogP) is 4.61. The standard InChI is InChI=1S/C24H25N3O5S/c1-29-18-7-5-14(9-20(18)31-3)11-27-12-17(28)22(23(27)25)24-26-16(13-33-24)15-6-8-19(30-2)21(10-15)32-4/h5-10,13,25,28H,11-12H2,1-4H3. The van der Waals surface area contributed by atoms with Crippen LogP contribution in [0.3, 0.4) is 0 Å². The van der Waals surface area contributed by atoms with E-state index in [0.717, 1.165) is 16.8 Å². The number of hydrogen-bond donors (Lipinski definition) is 2. The van der Waals surface area contributed by atoms with Gasteiger partial charge < -0.3 is 29.0 Å². The van der Waals surface area contributed by atoms with Crippen molar-refractivity contribution in [1.29, 1.82) is 5.41 Å². The SMILES string of the molecule is COc1ccc(CN2CC(O)=C(c3nc(-c4ccc(OC)c(OC)c4)cs3)C2=N)cc1OC. The van der Waals surface area contributed by atoms with Gasteiger partial charge in [-0.15, -0.1) is 11.3 Å². The molecule has 4 rings (SSSR count). The van der Waals surface area contributed by atoms with Gasteiger partial charge in [0.1, 0.15) is 16.6 Å². The van der Waals surface area contributed by atoms with Crippen molar-refractivity contribution in [1.82, 2.24) is 9.88 Å². The van der Waals surface area contributed by atoms with Crippen LogP contribution in [-0.4, -0.2) is 55.8 Å². The molecule has 0 radical (unpaired) electrons. The van der Waals surface area contributed by atoms with Gasteiger partial charge in [-0.05, 0) is 35.9 Å². The second-order valence-electron chi connectivity index (χ2n) is 7.32. The summed E-state index contributed by atoms with van der Waals surface area (Å²) in [6.07, 6.45) is 0. The molecule has 0 amide bonds. The van der Waals surface area contributed by atoms with Crippen LogP contribution in [0.15, 0.2) is 47.5 Å². The highest BCUT2D eigenvalue weighted by molar-refractivity contribution is 7.11. The zero-order chi connectivity index (χ0) is 23.5. The summed E-state index contributed by atoms with van der Waals surface area (Å²) in [6, 6.07) is 11.2. The number of thiazole rings is 1. The summed E-state index contributed by atoms with van der Waals surface area (Å²) in [4.78, 5) is 6.48. The number of aromatic nitrogens is 1. The molecular weight excluding hydrogens is 442 g/mol. The smallest absolute Gasteiger partial charge is 0.161 e. The third-order valence-corrected chi connectivity index (χ3v) is 6.26. The Balaban J connectivity index is 1.55. The van der Waals surface area contributed by atoms with E-state index < -0.39 is 0 Å².